The normalized spacial score (nSPS) is 19.8. The van der Waals surface area contributed by atoms with E-state index in [1.165, 1.54) is 0 Å². The van der Waals surface area contributed by atoms with Crippen molar-refractivity contribution in [3.63, 3.8) is 0 Å². The van der Waals surface area contributed by atoms with E-state index in [4.69, 9.17) is 11.6 Å². The average molecular weight is 239 g/mol. The van der Waals surface area contributed by atoms with Crippen LogP contribution in [0.25, 0.3) is 0 Å². The van der Waals surface area contributed by atoms with Gasteiger partial charge in [0.05, 0.1) is 0 Å². The van der Waals surface area contributed by atoms with Crippen LogP contribution in [-0.4, -0.2) is 25.0 Å². The SMILES string of the molecule is Cc1ccc(Cl)cc1C(=O)N[C@H]1CCNC1. The van der Waals surface area contributed by atoms with Gasteiger partial charge in [-0.05, 0) is 37.6 Å². The molecule has 1 atom stereocenters. The molecule has 0 radical (unpaired) electrons. The van der Waals surface area contributed by atoms with Crippen molar-refractivity contribution in [2.75, 3.05) is 13.1 Å². The average Bonchev–Trinajstić information content (AvgIpc) is 2.74. The van der Waals surface area contributed by atoms with E-state index in [0.29, 0.717) is 10.6 Å². The van der Waals surface area contributed by atoms with E-state index in [1.54, 1.807) is 12.1 Å². The summed E-state index contributed by atoms with van der Waals surface area (Å²) in [4.78, 5) is 12.0. The number of nitrogens with one attached hydrogen (secondary N) is 2. The van der Waals surface area contributed by atoms with E-state index in [9.17, 15) is 4.79 Å². The Morgan fingerprint density at radius 1 is 1.56 bits per heavy atom. The summed E-state index contributed by atoms with van der Waals surface area (Å²) >= 11 is 5.89. The molecule has 1 saturated heterocycles. The summed E-state index contributed by atoms with van der Waals surface area (Å²) < 4.78 is 0. The van der Waals surface area contributed by atoms with Crippen LogP contribution < -0.4 is 10.6 Å². The lowest BCUT2D eigenvalue weighted by Crippen LogP contribution is -2.36. The lowest BCUT2D eigenvalue weighted by molar-refractivity contribution is 0.0939. The van der Waals surface area contributed by atoms with Crippen molar-refractivity contribution in [2.24, 2.45) is 0 Å². The molecule has 3 nitrogen and oxygen atoms in total. The molecule has 1 aromatic carbocycles. The summed E-state index contributed by atoms with van der Waals surface area (Å²) in [5.74, 6) is -0.0336. The van der Waals surface area contributed by atoms with Gasteiger partial charge in [-0.2, -0.15) is 0 Å². The molecule has 0 unspecified atom stereocenters. The van der Waals surface area contributed by atoms with Gasteiger partial charge in [-0.3, -0.25) is 4.79 Å². The van der Waals surface area contributed by atoms with Gasteiger partial charge in [0.2, 0.25) is 0 Å². The third-order valence-corrected chi connectivity index (χ3v) is 3.07. The molecular formula is C12H15ClN2O. The first-order valence-corrected chi connectivity index (χ1v) is 5.82. The van der Waals surface area contributed by atoms with Crippen LogP contribution in [0.5, 0.6) is 0 Å². The summed E-state index contributed by atoms with van der Waals surface area (Å²) in [7, 11) is 0. The highest BCUT2D eigenvalue weighted by atomic mass is 35.5. The molecule has 4 heteroatoms. The quantitative estimate of drug-likeness (QED) is 0.824. The standard InChI is InChI=1S/C12H15ClN2O/c1-8-2-3-9(13)6-11(8)12(16)15-10-4-5-14-7-10/h2-3,6,10,14H,4-5,7H2,1H3,(H,15,16)/t10-/m0/s1. The smallest absolute Gasteiger partial charge is 0.251 e. The maximum atomic E-state index is 12.0. The zero-order valence-corrected chi connectivity index (χ0v) is 9.97. The predicted octanol–water partition coefficient (Wildman–Crippen LogP) is 1.74. The third kappa shape index (κ3) is 2.54. The second-order valence-electron chi connectivity index (χ2n) is 4.12. The van der Waals surface area contributed by atoms with Crippen LogP contribution in [0.4, 0.5) is 0 Å². The highest BCUT2D eigenvalue weighted by Gasteiger charge is 2.18. The molecule has 2 N–H and O–H groups in total. The molecule has 16 heavy (non-hydrogen) atoms. The number of carbonyl (C=O) groups excluding carboxylic acids is 1. The van der Waals surface area contributed by atoms with Crippen LogP contribution >= 0.6 is 11.6 Å². The van der Waals surface area contributed by atoms with Gasteiger partial charge >= 0.3 is 0 Å². The molecular weight excluding hydrogens is 224 g/mol. The monoisotopic (exact) mass is 238 g/mol. The first-order valence-electron chi connectivity index (χ1n) is 5.44. The first-order chi connectivity index (χ1) is 7.66. The number of benzene rings is 1. The third-order valence-electron chi connectivity index (χ3n) is 2.84. The van der Waals surface area contributed by atoms with Crippen LogP contribution in [0.15, 0.2) is 18.2 Å². The number of halogens is 1. The fourth-order valence-electron chi connectivity index (χ4n) is 1.88. The molecule has 0 saturated carbocycles. The Morgan fingerprint density at radius 3 is 3.06 bits per heavy atom. The lowest BCUT2D eigenvalue weighted by Gasteiger charge is -2.12. The molecule has 1 heterocycles. The fraction of sp³-hybridized carbons (Fsp3) is 0.417. The molecule has 1 aliphatic heterocycles. The van der Waals surface area contributed by atoms with E-state index in [0.717, 1.165) is 25.1 Å². The molecule has 0 spiro atoms. The Hall–Kier alpha value is -1.06. The summed E-state index contributed by atoms with van der Waals surface area (Å²) in [6, 6.07) is 5.62. The number of hydrogen-bond acceptors (Lipinski definition) is 2. The van der Waals surface area contributed by atoms with Crippen LogP contribution in [0, 0.1) is 6.92 Å². The Morgan fingerprint density at radius 2 is 2.38 bits per heavy atom. The van der Waals surface area contributed by atoms with Crippen molar-refractivity contribution in [1.82, 2.24) is 10.6 Å². The van der Waals surface area contributed by atoms with Crippen molar-refractivity contribution in [3.8, 4) is 0 Å². The van der Waals surface area contributed by atoms with E-state index in [-0.39, 0.29) is 11.9 Å². The van der Waals surface area contributed by atoms with Gasteiger partial charge in [0, 0.05) is 23.2 Å². The highest BCUT2D eigenvalue weighted by Crippen LogP contribution is 2.15. The van der Waals surface area contributed by atoms with E-state index >= 15 is 0 Å². The zero-order chi connectivity index (χ0) is 11.5. The number of hydrogen-bond donors (Lipinski definition) is 2. The van der Waals surface area contributed by atoms with Gasteiger partial charge in [-0.1, -0.05) is 17.7 Å². The van der Waals surface area contributed by atoms with Gasteiger partial charge in [-0.25, -0.2) is 0 Å². The Kier molecular flexibility index (Phi) is 3.46. The number of rotatable bonds is 2. The van der Waals surface area contributed by atoms with Crippen molar-refractivity contribution >= 4 is 17.5 Å². The number of amides is 1. The van der Waals surface area contributed by atoms with Crippen molar-refractivity contribution in [2.45, 2.75) is 19.4 Å². The molecule has 1 aliphatic rings. The van der Waals surface area contributed by atoms with Crippen LogP contribution in [0.1, 0.15) is 22.3 Å². The maximum absolute atomic E-state index is 12.0. The maximum Gasteiger partial charge on any atom is 0.251 e. The highest BCUT2D eigenvalue weighted by molar-refractivity contribution is 6.31. The Balaban J connectivity index is 2.10. The Bertz CT molecular complexity index is 400. The zero-order valence-electron chi connectivity index (χ0n) is 9.22. The second kappa shape index (κ2) is 4.85. The van der Waals surface area contributed by atoms with E-state index in [1.807, 2.05) is 13.0 Å². The molecule has 2 rings (SSSR count). The molecule has 1 aromatic rings. The summed E-state index contributed by atoms with van der Waals surface area (Å²) in [6.07, 6.45) is 0.991. The second-order valence-corrected chi connectivity index (χ2v) is 4.56. The molecule has 0 bridgehead atoms. The van der Waals surface area contributed by atoms with E-state index in [2.05, 4.69) is 10.6 Å². The van der Waals surface area contributed by atoms with Crippen molar-refractivity contribution in [1.29, 1.82) is 0 Å². The number of carbonyl (C=O) groups is 1. The topological polar surface area (TPSA) is 41.1 Å². The molecule has 0 aliphatic carbocycles. The molecule has 0 aromatic heterocycles. The van der Waals surface area contributed by atoms with Gasteiger partial charge < -0.3 is 10.6 Å². The minimum absolute atomic E-state index is 0.0336. The fourth-order valence-corrected chi connectivity index (χ4v) is 2.05. The van der Waals surface area contributed by atoms with Crippen molar-refractivity contribution < 1.29 is 4.79 Å². The van der Waals surface area contributed by atoms with Gasteiger partial charge in [0.1, 0.15) is 0 Å². The number of aryl methyl sites for hydroxylation is 1. The largest absolute Gasteiger partial charge is 0.348 e. The van der Waals surface area contributed by atoms with Gasteiger partial charge in [-0.15, -0.1) is 0 Å². The van der Waals surface area contributed by atoms with Crippen molar-refractivity contribution in [3.05, 3.63) is 34.3 Å². The predicted molar refractivity (Wildman–Crippen MR) is 64.9 cm³/mol. The summed E-state index contributed by atoms with van der Waals surface area (Å²) in [5, 5.41) is 6.81. The molecule has 1 amide bonds. The minimum atomic E-state index is -0.0336. The minimum Gasteiger partial charge on any atom is -0.348 e. The lowest BCUT2D eigenvalue weighted by atomic mass is 10.1. The molecule has 86 valence electrons. The van der Waals surface area contributed by atoms with Crippen LogP contribution in [-0.2, 0) is 0 Å². The Labute approximate surface area is 100 Å². The summed E-state index contributed by atoms with van der Waals surface area (Å²) in [5.41, 5.74) is 1.62. The first kappa shape index (κ1) is 11.4. The summed E-state index contributed by atoms with van der Waals surface area (Å²) in [6.45, 7) is 3.74. The van der Waals surface area contributed by atoms with E-state index < -0.39 is 0 Å². The van der Waals surface area contributed by atoms with Crippen LogP contribution in [0.3, 0.4) is 0 Å². The molecule has 1 fully saturated rings. The van der Waals surface area contributed by atoms with Crippen LogP contribution in [0.2, 0.25) is 5.02 Å². The van der Waals surface area contributed by atoms with Gasteiger partial charge in [0.25, 0.3) is 5.91 Å². The van der Waals surface area contributed by atoms with Gasteiger partial charge in [0.15, 0.2) is 0 Å².